The smallest absolute Gasteiger partial charge is 0.251 e. The second-order valence-corrected chi connectivity index (χ2v) is 6.82. The van der Waals surface area contributed by atoms with Crippen LogP contribution in [0.1, 0.15) is 21.6 Å². The maximum Gasteiger partial charge on any atom is 0.251 e. The number of thiazole rings is 1. The number of ether oxygens (including phenoxy) is 1. The maximum atomic E-state index is 12.4. The molecule has 0 radical (unpaired) electrons. The van der Waals surface area contributed by atoms with Crippen LogP contribution in [0.3, 0.4) is 0 Å². The van der Waals surface area contributed by atoms with Crippen LogP contribution < -0.4 is 10.1 Å². The second-order valence-electron chi connectivity index (χ2n) is 6.10. The Morgan fingerprint density at radius 2 is 1.93 bits per heavy atom. The normalized spacial score (nSPS) is 10.6. The number of benzene rings is 2. The molecule has 2 aromatic carbocycles. The van der Waals surface area contributed by atoms with E-state index in [4.69, 9.17) is 4.74 Å². The van der Waals surface area contributed by atoms with E-state index in [2.05, 4.69) is 15.4 Å². The molecule has 0 unspecified atom stereocenters. The highest BCUT2D eigenvalue weighted by Gasteiger charge is 2.07. The molecule has 0 saturated heterocycles. The molecule has 6 nitrogen and oxygen atoms in total. The fraction of sp³-hybridized carbons (Fsp3) is 0.0952. The van der Waals surface area contributed by atoms with Gasteiger partial charge in [0.25, 0.3) is 5.91 Å². The number of para-hydroxylation sites is 1. The molecule has 0 aliphatic rings. The van der Waals surface area contributed by atoms with Crippen LogP contribution in [-0.2, 0) is 13.2 Å². The van der Waals surface area contributed by atoms with Gasteiger partial charge in [-0.15, -0.1) is 11.3 Å². The number of nitrogens with zero attached hydrogens (tertiary/aromatic N) is 3. The first-order valence-corrected chi connectivity index (χ1v) is 9.69. The molecule has 0 saturated carbocycles. The summed E-state index contributed by atoms with van der Waals surface area (Å²) in [5, 5.41) is 9.19. The van der Waals surface area contributed by atoms with E-state index in [9.17, 15) is 4.79 Å². The van der Waals surface area contributed by atoms with E-state index in [1.807, 2.05) is 41.9 Å². The Morgan fingerprint density at radius 1 is 1.11 bits per heavy atom. The summed E-state index contributed by atoms with van der Waals surface area (Å²) in [6.07, 6.45) is 3.66. The zero-order valence-corrected chi connectivity index (χ0v) is 15.8. The summed E-state index contributed by atoms with van der Waals surface area (Å²) in [6, 6.07) is 16.9. The minimum Gasteiger partial charge on any atom is -0.487 e. The van der Waals surface area contributed by atoms with E-state index in [1.54, 1.807) is 40.7 Å². The number of nitrogens with one attached hydrogen (secondary N) is 1. The van der Waals surface area contributed by atoms with Crippen LogP contribution in [0.25, 0.3) is 5.69 Å². The van der Waals surface area contributed by atoms with Gasteiger partial charge in [-0.2, -0.15) is 5.10 Å². The summed E-state index contributed by atoms with van der Waals surface area (Å²) in [6.45, 7) is 0.828. The molecule has 0 aliphatic carbocycles. The topological polar surface area (TPSA) is 69.0 Å². The van der Waals surface area contributed by atoms with Gasteiger partial charge >= 0.3 is 0 Å². The molecule has 2 heterocycles. The van der Waals surface area contributed by atoms with Crippen molar-refractivity contribution in [1.82, 2.24) is 20.1 Å². The quantitative estimate of drug-likeness (QED) is 0.521. The van der Waals surface area contributed by atoms with Crippen molar-refractivity contribution in [3.05, 3.63) is 94.7 Å². The lowest BCUT2D eigenvalue weighted by Gasteiger charge is -2.07. The first-order chi connectivity index (χ1) is 13.8. The average molecular weight is 390 g/mol. The minimum absolute atomic E-state index is 0.140. The predicted molar refractivity (Wildman–Crippen MR) is 108 cm³/mol. The molecule has 4 aromatic rings. The van der Waals surface area contributed by atoms with E-state index in [1.165, 1.54) is 11.3 Å². The van der Waals surface area contributed by atoms with Gasteiger partial charge in [0.15, 0.2) is 0 Å². The number of aromatic nitrogens is 3. The maximum absolute atomic E-state index is 12.4. The summed E-state index contributed by atoms with van der Waals surface area (Å²) in [7, 11) is 0. The molecule has 2 aromatic heterocycles. The first kappa shape index (κ1) is 17.9. The lowest BCUT2D eigenvalue weighted by atomic mass is 10.2. The van der Waals surface area contributed by atoms with Gasteiger partial charge in [0.05, 0.1) is 23.1 Å². The van der Waals surface area contributed by atoms with Gasteiger partial charge in [-0.1, -0.05) is 18.2 Å². The molecule has 0 bridgehead atoms. The van der Waals surface area contributed by atoms with Crippen LogP contribution in [-0.4, -0.2) is 20.7 Å². The third kappa shape index (κ3) is 4.44. The van der Waals surface area contributed by atoms with E-state index < -0.39 is 0 Å². The molecule has 1 N–H and O–H groups in total. The Kier molecular flexibility index (Phi) is 5.44. The molecular formula is C21H18N4O2S. The second kappa shape index (κ2) is 8.49. The van der Waals surface area contributed by atoms with Crippen molar-refractivity contribution in [1.29, 1.82) is 0 Å². The Bertz CT molecular complexity index is 1030. The standard InChI is InChI=1S/C21H18N4O2S/c26-21(17-6-8-20(9-7-17)27-13-18-14-28-15-23-18)22-10-16-11-24-25(12-16)19-4-2-1-3-5-19/h1-9,11-12,14-15H,10,13H2,(H,22,26). The molecule has 0 spiro atoms. The van der Waals surface area contributed by atoms with Gasteiger partial charge < -0.3 is 10.1 Å². The number of hydrogen-bond donors (Lipinski definition) is 1. The highest BCUT2D eigenvalue weighted by molar-refractivity contribution is 7.07. The van der Waals surface area contributed by atoms with E-state index in [-0.39, 0.29) is 5.91 Å². The fourth-order valence-electron chi connectivity index (χ4n) is 2.63. The van der Waals surface area contributed by atoms with Crippen LogP contribution in [0, 0.1) is 0 Å². The fourth-order valence-corrected chi connectivity index (χ4v) is 3.17. The third-order valence-electron chi connectivity index (χ3n) is 4.10. The highest BCUT2D eigenvalue weighted by Crippen LogP contribution is 2.15. The molecule has 1 amide bonds. The summed E-state index contributed by atoms with van der Waals surface area (Å²) in [5.41, 5.74) is 5.16. The van der Waals surface area contributed by atoms with Gasteiger partial charge in [0, 0.05) is 29.2 Å². The minimum atomic E-state index is -0.140. The van der Waals surface area contributed by atoms with Crippen molar-refractivity contribution in [2.45, 2.75) is 13.2 Å². The molecule has 7 heteroatoms. The van der Waals surface area contributed by atoms with Gasteiger partial charge in [0.1, 0.15) is 12.4 Å². The Labute approximate surface area is 166 Å². The van der Waals surface area contributed by atoms with E-state index in [0.717, 1.165) is 16.9 Å². The summed E-state index contributed by atoms with van der Waals surface area (Å²) in [5.74, 6) is 0.562. The third-order valence-corrected chi connectivity index (χ3v) is 4.73. The van der Waals surface area contributed by atoms with Gasteiger partial charge in [-0.3, -0.25) is 4.79 Å². The van der Waals surface area contributed by atoms with Crippen LogP contribution >= 0.6 is 11.3 Å². The monoisotopic (exact) mass is 390 g/mol. The zero-order chi connectivity index (χ0) is 19.2. The SMILES string of the molecule is O=C(NCc1cnn(-c2ccccc2)c1)c1ccc(OCc2cscn2)cc1. The number of rotatable bonds is 7. The van der Waals surface area contributed by atoms with Crippen molar-refractivity contribution in [3.63, 3.8) is 0 Å². The van der Waals surface area contributed by atoms with Crippen LogP contribution in [0.15, 0.2) is 77.9 Å². The molecule has 0 fully saturated rings. The molecular weight excluding hydrogens is 372 g/mol. The predicted octanol–water partition coefficient (Wildman–Crippen LogP) is 3.84. The molecule has 28 heavy (non-hydrogen) atoms. The van der Waals surface area contributed by atoms with E-state index >= 15 is 0 Å². The Balaban J connectivity index is 1.31. The number of carbonyl (C=O) groups excluding carboxylic acids is 1. The summed E-state index contributed by atoms with van der Waals surface area (Å²) >= 11 is 1.53. The zero-order valence-electron chi connectivity index (χ0n) is 15.0. The number of amides is 1. The average Bonchev–Trinajstić information content (AvgIpc) is 3.44. The molecule has 0 aliphatic heterocycles. The number of carbonyl (C=O) groups is 1. The highest BCUT2D eigenvalue weighted by atomic mass is 32.1. The first-order valence-electron chi connectivity index (χ1n) is 8.75. The van der Waals surface area contributed by atoms with Crippen molar-refractivity contribution >= 4 is 17.2 Å². The molecule has 4 rings (SSSR count). The van der Waals surface area contributed by atoms with E-state index in [0.29, 0.717) is 24.5 Å². The lowest BCUT2D eigenvalue weighted by Crippen LogP contribution is -2.22. The molecule has 0 atom stereocenters. The van der Waals surface area contributed by atoms with Crippen molar-refractivity contribution < 1.29 is 9.53 Å². The van der Waals surface area contributed by atoms with Crippen molar-refractivity contribution in [2.75, 3.05) is 0 Å². The van der Waals surface area contributed by atoms with Gasteiger partial charge in [-0.05, 0) is 36.4 Å². The van der Waals surface area contributed by atoms with Crippen LogP contribution in [0.2, 0.25) is 0 Å². The molecule has 140 valence electrons. The van der Waals surface area contributed by atoms with Crippen LogP contribution in [0.4, 0.5) is 0 Å². The Hall–Kier alpha value is -3.45. The van der Waals surface area contributed by atoms with Gasteiger partial charge in [-0.25, -0.2) is 9.67 Å². The largest absolute Gasteiger partial charge is 0.487 e. The Morgan fingerprint density at radius 3 is 2.68 bits per heavy atom. The van der Waals surface area contributed by atoms with Gasteiger partial charge in [0.2, 0.25) is 0 Å². The van der Waals surface area contributed by atoms with Crippen LogP contribution in [0.5, 0.6) is 5.75 Å². The number of hydrogen-bond acceptors (Lipinski definition) is 5. The van der Waals surface area contributed by atoms with Crippen molar-refractivity contribution in [2.24, 2.45) is 0 Å². The summed E-state index contributed by atoms with van der Waals surface area (Å²) in [4.78, 5) is 16.5. The summed E-state index contributed by atoms with van der Waals surface area (Å²) < 4.78 is 7.45. The van der Waals surface area contributed by atoms with Crippen molar-refractivity contribution in [3.8, 4) is 11.4 Å². The lowest BCUT2D eigenvalue weighted by molar-refractivity contribution is 0.0951.